The molecule has 0 saturated carbocycles. The average Bonchev–Trinajstić information content (AvgIpc) is 3.02. The summed E-state index contributed by atoms with van der Waals surface area (Å²) in [6, 6.07) is 5.65. The average molecular weight is 368 g/mol. The third-order valence-electron chi connectivity index (χ3n) is 3.30. The third-order valence-corrected chi connectivity index (χ3v) is 5.17. The second-order valence-corrected chi connectivity index (χ2v) is 7.02. The molecule has 0 radical (unpaired) electrons. The summed E-state index contributed by atoms with van der Waals surface area (Å²) in [5.74, 6) is 1.65. The number of ether oxygens (including phenoxy) is 2. The Hall–Kier alpha value is -2.00. The fraction of sp³-hybridized carbons (Fsp3) is 0.400. The van der Waals surface area contributed by atoms with Gasteiger partial charge in [-0.3, -0.25) is 4.79 Å². The second kappa shape index (κ2) is 8.74. The van der Waals surface area contributed by atoms with Crippen LogP contribution in [0.1, 0.15) is 12.5 Å². The standard InChI is InChI=1S/C15H20N4O3S2/c1-4-19(13(20)9-23-15-18-17-14(16)24-15)8-10-5-6-11(21-2)12(7-10)22-3/h5-7H,4,8-9H2,1-3H3,(H2,16,17). The van der Waals surface area contributed by atoms with Crippen LogP contribution < -0.4 is 15.2 Å². The zero-order chi connectivity index (χ0) is 17.5. The number of nitrogens with two attached hydrogens (primary N) is 1. The molecule has 1 amide bonds. The van der Waals surface area contributed by atoms with Crippen molar-refractivity contribution >= 4 is 34.1 Å². The van der Waals surface area contributed by atoms with E-state index < -0.39 is 0 Å². The summed E-state index contributed by atoms with van der Waals surface area (Å²) < 4.78 is 11.2. The van der Waals surface area contributed by atoms with Gasteiger partial charge in [-0.1, -0.05) is 29.2 Å². The molecule has 0 aliphatic heterocycles. The van der Waals surface area contributed by atoms with Crippen molar-refractivity contribution in [3.63, 3.8) is 0 Å². The van der Waals surface area contributed by atoms with Gasteiger partial charge in [0.05, 0.1) is 20.0 Å². The van der Waals surface area contributed by atoms with Crippen molar-refractivity contribution < 1.29 is 14.3 Å². The van der Waals surface area contributed by atoms with Crippen molar-refractivity contribution in [3.05, 3.63) is 23.8 Å². The maximum Gasteiger partial charge on any atom is 0.233 e. The van der Waals surface area contributed by atoms with Gasteiger partial charge in [0.2, 0.25) is 11.0 Å². The minimum atomic E-state index is 0.0334. The maximum atomic E-state index is 12.4. The zero-order valence-electron chi connectivity index (χ0n) is 13.8. The van der Waals surface area contributed by atoms with E-state index in [2.05, 4.69) is 10.2 Å². The summed E-state index contributed by atoms with van der Waals surface area (Å²) in [6.07, 6.45) is 0. The van der Waals surface area contributed by atoms with Crippen LogP contribution in [0, 0.1) is 0 Å². The number of carbonyl (C=O) groups is 1. The highest BCUT2D eigenvalue weighted by molar-refractivity contribution is 8.01. The summed E-state index contributed by atoms with van der Waals surface area (Å²) in [6.45, 7) is 3.08. The van der Waals surface area contributed by atoms with Crippen LogP contribution in [0.15, 0.2) is 22.5 Å². The van der Waals surface area contributed by atoms with Gasteiger partial charge < -0.3 is 20.1 Å². The Morgan fingerprint density at radius 1 is 1.29 bits per heavy atom. The predicted octanol–water partition coefficient (Wildman–Crippen LogP) is 2.28. The SMILES string of the molecule is CCN(Cc1ccc(OC)c(OC)c1)C(=O)CSc1nnc(N)s1. The Balaban J connectivity index is 1.98. The quantitative estimate of drug-likeness (QED) is 0.715. The summed E-state index contributed by atoms with van der Waals surface area (Å²) in [4.78, 5) is 14.2. The number of methoxy groups -OCH3 is 2. The van der Waals surface area contributed by atoms with E-state index in [1.807, 2.05) is 25.1 Å². The van der Waals surface area contributed by atoms with Crippen molar-refractivity contribution in [2.24, 2.45) is 0 Å². The molecule has 0 spiro atoms. The lowest BCUT2D eigenvalue weighted by atomic mass is 10.2. The molecule has 2 aromatic rings. The van der Waals surface area contributed by atoms with Gasteiger partial charge in [0.1, 0.15) is 0 Å². The molecule has 1 aromatic heterocycles. The molecule has 0 aliphatic carbocycles. The van der Waals surface area contributed by atoms with E-state index in [1.165, 1.54) is 23.1 Å². The van der Waals surface area contributed by atoms with Gasteiger partial charge in [0.25, 0.3) is 0 Å². The Morgan fingerprint density at radius 2 is 2.04 bits per heavy atom. The van der Waals surface area contributed by atoms with Crippen molar-refractivity contribution in [2.75, 3.05) is 32.3 Å². The van der Waals surface area contributed by atoms with E-state index >= 15 is 0 Å². The Bertz CT molecular complexity index is 693. The Labute approximate surface area is 149 Å². The molecular weight excluding hydrogens is 348 g/mol. The van der Waals surface area contributed by atoms with Crippen LogP contribution >= 0.6 is 23.1 Å². The van der Waals surface area contributed by atoms with E-state index in [4.69, 9.17) is 15.2 Å². The maximum absolute atomic E-state index is 12.4. The van der Waals surface area contributed by atoms with E-state index in [9.17, 15) is 4.79 Å². The topological polar surface area (TPSA) is 90.6 Å². The highest BCUT2D eigenvalue weighted by Gasteiger charge is 2.15. The fourth-order valence-electron chi connectivity index (χ4n) is 2.07. The first-order chi connectivity index (χ1) is 11.6. The zero-order valence-corrected chi connectivity index (χ0v) is 15.4. The molecule has 7 nitrogen and oxygen atoms in total. The number of nitrogens with zero attached hydrogens (tertiary/aromatic N) is 3. The van der Waals surface area contributed by atoms with Crippen LogP contribution in [0.2, 0.25) is 0 Å². The molecule has 130 valence electrons. The van der Waals surface area contributed by atoms with Crippen LogP contribution in [-0.2, 0) is 11.3 Å². The van der Waals surface area contributed by atoms with Crippen LogP contribution in [0.25, 0.3) is 0 Å². The first-order valence-corrected chi connectivity index (χ1v) is 9.08. The summed E-state index contributed by atoms with van der Waals surface area (Å²) in [5.41, 5.74) is 6.52. The number of thioether (sulfide) groups is 1. The molecule has 0 bridgehead atoms. The lowest BCUT2D eigenvalue weighted by Crippen LogP contribution is -2.31. The van der Waals surface area contributed by atoms with Crippen LogP contribution in [-0.4, -0.2) is 47.5 Å². The predicted molar refractivity (Wildman–Crippen MR) is 95.7 cm³/mol. The molecular formula is C15H20N4O3S2. The number of benzene rings is 1. The summed E-state index contributed by atoms with van der Waals surface area (Å²) in [7, 11) is 3.19. The second-order valence-electron chi connectivity index (χ2n) is 4.79. The van der Waals surface area contributed by atoms with E-state index in [0.29, 0.717) is 39.8 Å². The van der Waals surface area contributed by atoms with Crippen molar-refractivity contribution in [1.29, 1.82) is 0 Å². The largest absolute Gasteiger partial charge is 0.493 e. The smallest absolute Gasteiger partial charge is 0.233 e. The normalized spacial score (nSPS) is 10.5. The van der Waals surface area contributed by atoms with Gasteiger partial charge >= 0.3 is 0 Å². The van der Waals surface area contributed by atoms with Crippen molar-refractivity contribution in [3.8, 4) is 11.5 Å². The van der Waals surface area contributed by atoms with Crippen LogP contribution in [0.3, 0.4) is 0 Å². The molecule has 9 heteroatoms. The molecule has 2 rings (SSSR count). The molecule has 2 N–H and O–H groups in total. The number of nitrogen functional groups attached to an aromatic ring is 1. The number of hydrogen-bond donors (Lipinski definition) is 1. The van der Waals surface area contributed by atoms with Gasteiger partial charge in [-0.15, -0.1) is 10.2 Å². The third kappa shape index (κ3) is 4.75. The molecule has 0 unspecified atom stereocenters. The number of anilines is 1. The first-order valence-electron chi connectivity index (χ1n) is 7.27. The van der Waals surface area contributed by atoms with Crippen molar-refractivity contribution in [1.82, 2.24) is 15.1 Å². The highest BCUT2D eigenvalue weighted by Crippen LogP contribution is 2.28. The van der Waals surface area contributed by atoms with Crippen LogP contribution in [0.4, 0.5) is 5.13 Å². The molecule has 0 fully saturated rings. The molecule has 24 heavy (non-hydrogen) atoms. The number of rotatable bonds is 8. The summed E-state index contributed by atoms with van der Waals surface area (Å²) in [5, 5.41) is 8.05. The van der Waals surface area contributed by atoms with E-state index in [-0.39, 0.29) is 5.91 Å². The Morgan fingerprint density at radius 3 is 2.62 bits per heavy atom. The molecule has 1 heterocycles. The number of amides is 1. The van der Waals surface area contributed by atoms with Gasteiger partial charge in [-0.2, -0.15) is 0 Å². The lowest BCUT2D eigenvalue weighted by molar-refractivity contribution is -0.128. The molecule has 0 atom stereocenters. The lowest BCUT2D eigenvalue weighted by Gasteiger charge is -2.21. The monoisotopic (exact) mass is 368 g/mol. The number of aromatic nitrogens is 2. The molecule has 0 aliphatic rings. The van der Waals surface area contributed by atoms with Crippen LogP contribution in [0.5, 0.6) is 11.5 Å². The first kappa shape index (κ1) is 18.3. The summed E-state index contributed by atoms with van der Waals surface area (Å²) >= 11 is 2.63. The number of carbonyl (C=O) groups excluding carboxylic acids is 1. The van der Waals surface area contributed by atoms with E-state index in [0.717, 1.165) is 5.56 Å². The van der Waals surface area contributed by atoms with Gasteiger partial charge in [-0.05, 0) is 24.6 Å². The molecule has 0 saturated heterocycles. The van der Waals surface area contributed by atoms with Gasteiger partial charge in [0.15, 0.2) is 15.8 Å². The fourth-order valence-corrected chi connectivity index (χ4v) is 3.61. The van der Waals surface area contributed by atoms with Gasteiger partial charge in [0, 0.05) is 13.1 Å². The minimum Gasteiger partial charge on any atom is -0.493 e. The van der Waals surface area contributed by atoms with Crippen molar-refractivity contribution in [2.45, 2.75) is 17.8 Å². The number of hydrogen-bond acceptors (Lipinski definition) is 8. The highest BCUT2D eigenvalue weighted by atomic mass is 32.2. The Kier molecular flexibility index (Phi) is 6.68. The molecule has 1 aromatic carbocycles. The van der Waals surface area contributed by atoms with Gasteiger partial charge in [-0.25, -0.2) is 0 Å². The minimum absolute atomic E-state index is 0.0334. The van der Waals surface area contributed by atoms with E-state index in [1.54, 1.807) is 19.1 Å².